The molecule has 2 saturated heterocycles. The van der Waals surface area contributed by atoms with E-state index in [9.17, 15) is 14.4 Å². The minimum atomic E-state index is -0.245. The second kappa shape index (κ2) is 11.3. The second-order valence-electron chi connectivity index (χ2n) is 12.1. The van der Waals surface area contributed by atoms with Crippen LogP contribution in [0.1, 0.15) is 33.3 Å². The molecule has 46 heavy (non-hydrogen) atoms. The Morgan fingerprint density at radius 2 is 1.59 bits per heavy atom. The molecule has 0 bridgehead atoms. The smallest absolute Gasteiger partial charge is 0.253 e. The molecule has 3 aliphatic rings. The van der Waals surface area contributed by atoms with Crippen LogP contribution >= 0.6 is 0 Å². The fourth-order valence-corrected chi connectivity index (χ4v) is 6.80. The molecule has 0 saturated carbocycles. The summed E-state index contributed by atoms with van der Waals surface area (Å²) in [4.78, 5) is 50.7. The van der Waals surface area contributed by atoms with Gasteiger partial charge in [0.15, 0.2) is 0 Å². The first-order valence-corrected chi connectivity index (χ1v) is 15.7. The zero-order valence-corrected chi connectivity index (χ0v) is 25.5. The predicted octanol–water partition coefficient (Wildman–Crippen LogP) is 5.80. The molecule has 2 fully saturated rings. The summed E-state index contributed by atoms with van der Waals surface area (Å²) in [5.74, 6) is -0.454. The number of hydrogen-bond acceptors (Lipinski definition) is 6. The molecule has 4 aromatic carbocycles. The lowest BCUT2D eigenvalue weighted by Gasteiger charge is -2.42. The van der Waals surface area contributed by atoms with Crippen LogP contribution in [0.4, 0.5) is 5.69 Å². The molecule has 2 amide bonds. The summed E-state index contributed by atoms with van der Waals surface area (Å²) in [5, 5.41) is 3.07. The minimum Gasteiger partial charge on any atom is -0.378 e. The van der Waals surface area contributed by atoms with Crippen molar-refractivity contribution in [3.05, 3.63) is 114 Å². The number of anilines is 1. The maximum Gasteiger partial charge on any atom is 0.253 e. The van der Waals surface area contributed by atoms with Crippen molar-refractivity contribution < 1.29 is 19.1 Å². The van der Waals surface area contributed by atoms with Crippen LogP contribution in [0.25, 0.3) is 38.9 Å². The van der Waals surface area contributed by atoms with E-state index in [2.05, 4.69) is 35.2 Å². The lowest BCUT2D eigenvalue weighted by atomic mass is 9.96. The molecular weight excluding hydrogens is 576 g/mol. The van der Waals surface area contributed by atoms with Gasteiger partial charge in [-0.25, -0.2) is 4.98 Å². The molecule has 228 valence electrons. The highest BCUT2D eigenvalue weighted by atomic mass is 16.5. The van der Waals surface area contributed by atoms with Gasteiger partial charge in [0.05, 0.1) is 41.9 Å². The summed E-state index contributed by atoms with van der Waals surface area (Å²) >= 11 is 0. The lowest BCUT2D eigenvalue weighted by Crippen LogP contribution is -2.57. The van der Waals surface area contributed by atoms with Crippen LogP contribution in [-0.4, -0.2) is 77.8 Å². The van der Waals surface area contributed by atoms with E-state index in [1.54, 1.807) is 24.3 Å². The van der Waals surface area contributed by atoms with Crippen LogP contribution in [0.2, 0.25) is 0 Å². The Kier molecular flexibility index (Phi) is 6.96. The predicted molar refractivity (Wildman–Crippen MR) is 179 cm³/mol. The van der Waals surface area contributed by atoms with Crippen molar-refractivity contribution in [2.45, 2.75) is 13.0 Å². The number of amides is 2. The number of nitrogens with zero attached hydrogens (tertiary/aromatic N) is 4. The first kappa shape index (κ1) is 28.3. The van der Waals surface area contributed by atoms with E-state index in [1.165, 1.54) is 11.8 Å². The molecule has 3 aliphatic heterocycles. The fourth-order valence-electron chi connectivity index (χ4n) is 6.80. The van der Waals surface area contributed by atoms with Crippen molar-refractivity contribution in [3.8, 4) is 11.1 Å². The number of carbonyl (C=O) groups is 3. The number of ether oxygens (including phenoxy) is 1. The largest absolute Gasteiger partial charge is 0.378 e. The Balaban J connectivity index is 1.22. The Labute approximate surface area is 266 Å². The first-order valence-electron chi connectivity index (χ1n) is 15.7. The van der Waals surface area contributed by atoms with Gasteiger partial charge in [-0.05, 0) is 70.4 Å². The number of rotatable bonds is 4. The standard InChI is InChI=1S/C38H32N4O4/c1-24(43)42-35-9-5-4-8-31(35)37(44)36(42)21-29-20-32(27-11-10-25-6-2-3-7-26(25)18-27)33-19-28(12-13-34(33)39-29)38(45)41-16-14-40(15-17-41)30-22-46-23-30/h2-13,18-21,30H,14-17,22-23H2,1H3/b36-21+. The number of carbonyl (C=O) groups excluding carboxylic acids is 3. The van der Waals surface area contributed by atoms with E-state index in [4.69, 9.17) is 9.72 Å². The van der Waals surface area contributed by atoms with Gasteiger partial charge in [0.25, 0.3) is 5.91 Å². The van der Waals surface area contributed by atoms with Crippen LogP contribution in [0, 0.1) is 0 Å². The molecule has 8 rings (SSSR count). The van der Waals surface area contributed by atoms with Gasteiger partial charge in [0.2, 0.25) is 11.7 Å². The molecule has 0 aliphatic carbocycles. The molecule has 0 spiro atoms. The summed E-state index contributed by atoms with van der Waals surface area (Å²) in [6.07, 6.45) is 1.69. The number of benzene rings is 4. The Bertz CT molecular complexity index is 2090. The molecule has 8 nitrogen and oxygen atoms in total. The number of Topliss-reactive ketones (excluding diaryl/α,β-unsaturated/α-hetero) is 1. The van der Waals surface area contributed by atoms with E-state index in [0.717, 1.165) is 53.6 Å². The second-order valence-corrected chi connectivity index (χ2v) is 12.1. The number of allylic oxidation sites excluding steroid dienone is 1. The SMILES string of the molecule is CC(=O)N1/C(=C/c2cc(-c3ccc4ccccc4c3)c3cc(C(=O)N4CCN(C5COC5)CC4)ccc3n2)C(=O)c2ccccc21. The maximum atomic E-state index is 13.7. The Morgan fingerprint density at radius 1 is 0.826 bits per heavy atom. The highest BCUT2D eigenvalue weighted by molar-refractivity contribution is 6.26. The van der Waals surface area contributed by atoms with E-state index < -0.39 is 0 Å². The number of aromatic nitrogens is 1. The number of pyridine rings is 1. The van der Waals surface area contributed by atoms with Crippen molar-refractivity contribution in [3.63, 3.8) is 0 Å². The third kappa shape index (κ3) is 4.87. The van der Waals surface area contributed by atoms with E-state index in [-0.39, 0.29) is 23.3 Å². The molecule has 0 radical (unpaired) electrons. The van der Waals surface area contributed by atoms with Gasteiger partial charge in [-0.3, -0.25) is 24.2 Å². The number of fused-ring (bicyclic) bond motifs is 3. The molecule has 0 N–H and O–H groups in total. The van der Waals surface area contributed by atoms with Crippen molar-refractivity contribution in [2.75, 3.05) is 44.3 Å². The average molecular weight is 609 g/mol. The normalized spacial score (nSPS) is 17.9. The van der Waals surface area contributed by atoms with E-state index in [0.29, 0.717) is 47.2 Å². The van der Waals surface area contributed by atoms with Crippen molar-refractivity contribution in [2.24, 2.45) is 0 Å². The van der Waals surface area contributed by atoms with Gasteiger partial charge in [-0.2, -0.15) is 0 Å². The summed E-state index contributed by atoms with van der Waals surface area (Å²) in [6, 6.07) is 29.7. The monoisotopic (exact) mass is 608 g/mol. The summed E-state index contributed by atoms with van der Waals surface area (Å²) in [5.41, 5.74) is 5.06. The molecule has 8 heteroatoms. The highest BCUT2D eigenvalue weighted by Gasteiger charge is 2.35. The number of ketones is 1. The quantitative estimate of drug-likeness (QED) is 0.240. The number of para-hydroxylation sites is 1. The van der Waals surface area contributed by atoms with Crippen molar-refractivity contribution in [1.82, 2.24) is 14.8 Å². The van der Waals surface area contributed by atoms with E-state index >= 15 is 0 Å². The van der Waals surface area contributed by atoms with Crippen LogP contribution in [0.3, 0.4) is 0 Å². The number of hydrogen-bond donors (Lipinski definition) is 0. The van der Waals surface area contributed by atoms with Gasteiger partial charge >= 0.3 is 0 Å². The Morgan fingerprint density at radius 3 is 2.35 bits per heavy atom. The third-order valence-electron chi connectivity index (χ3n) is 9.34. The van der Waals surface area contributed by atoms with Crippen LogP contribution < -0.4 is 4.90 Å². The number of piperazine rings is 1. The zero-order valence-electron chi connectivity index (χ0n) is 25.5. The van der Waals surface area contributed by atoms with Gasteiger partial charge in [-0.15, -0.1) is 0 Å². The minimum absolute atomic E-state index is 0.00785. The van der Waals surface area contributed by atoms with Gasteiger partial charge < -0.3 is 9.64 Å². The Hall–Kier alpha value is -5.18. The molecular formula is C38H32N4O4. The average Bonchev–Trinajstić information content (AvgIpc) is 3.34. The topological polar surface area (TPSA) is 83.1 Å². The lowest BCUT2D eigenvalue weighted by molar-refractivity contribution is -0.116. The molecule has 1 aromatic heterocycles. The van der Waals surface area contributed by atoms with Crippen molar-refractivity contribution in [1.29, 1.82) is 0 Å². The van der Waals surface area contributed by atoms with Crippen LogP contribution in [0.15, 0.2) is 96.7 Å². The zero-order chi connectivity index (χ0) is 31.4. The van der Waals surface area contributed by atoms with Gasteiger partial charge in [-0.1, -0.05) is 48.5 Å². The highest BCUT2D eigenvalue weighted by Crippen LogP contribution is 2.37. The fraction of sp³-hybridized carbons (Fsp3) is 0.211. The van der Waals surface area contributed by atoms with E-state index in [1.807, 2.05) is 47.4 Å². The van der Waals surface area contributed by atoms with Crippen molar-refractivity contribution >= 4 is 51.0 Å². The summed E-state index contributed by atoms with van der Waals surface area (Å²) < 4.78 is 5.36. The van der Waals surface area contributed by atoms with Crippen LogP contribution in [-0.2, 0) is 9.53 Å². The van der Waals surface area contributed by atoms with Crippen LogP contribution in [0.5, 0.6) is 0 Å². The third-order valence-corrected chi connectivity index (χ3v) is 9.34. The summed E-state index contributed by atoms with van der Waals surface area (Å²) in [7, 11) is 0. The summed E-state index contributed by atoms with van der Waals surface area (Å²) in [6.45, 7) is 6.05. The molecule has 0 unspecified atom stereocenters. The first-order chi connectivity index (χ1) is 22.4. The molecule has 0 atom stereocenters. The molecule has 5 aromatic rings. The maximum absolute atomic E-state index is 13.7. The van der Waals surface area contributed by atoms with Gasteiger partial charge in [0.1, 0.15) is 0 Å². The molecule has 4 heterocycles. The van der Waals surface area contributed by atoms with Gasteiger partial charge in [0, 0.05) is 49.6 Å².